The number of rotatable bonds is 5. The van der Waals surface area contributed by atoms with E-state index in [0.29, 0.717) is 6.54 Å². The van der Waals surface area contributed by atoms with E-state index in [9.17, 15) is 8.78 Å². The van der Waals surface area contributed by atoms with Crippen LogP contribution in [0.15, 0.2) is 29.6 Å². The topological polar surface area (TPSA) is 12.0 Å². The van der Waals surface area contributed by atoms with Crippen molar-refractivity contribution in [3.63, 3.8) is 0 Å². The normalized spacial score (nSPS) is 10.8. The molecule has 0 saturated carbocycles. The van der Waals surface area contributed by atoms with Gasteiger partial charge in [-0.05, 0) is 35.6 Å². The first-order chi connectivity index (χ1) is 8.72. The predicted octanol–water partition coefficient (Wildman–Crippen LogP) is 3.88. The molecule has 0 bridgehead atoms. The molecular formula is C14H15F2NS. The Morgan fingerprint density at radius 1 is 1.11 bits per heavy atom. The van der Waals surface area contributed by atoms with Gasteiger partial charge in [-0.15, -0.1) is 11.3 Å². The fourth-order valence-electron chi connectivity index (χ4n) is 1.84. The van der Waals surface area contributed by atoms with Crippen molar-refractivity contribution in [2.75, 3.05) is 0 Å². The Bertz CT molecular complexity index is 502. The number of halogens is 2. The molecule has 1 heterocycles. The smallest absolute Gasteiger partial charge is 0.130 e. The summed E-state index contributed by atoms with van der Waals surface area (Å²) >= 11 is 1.67. The van der Waals surface area contributed by atoms with Gasteiger partial charge in [-0.1, -0.05) is 13.0 Å². The van der Waals surface area contributed by atoms with Crippen LogP contribution in [0.4, 0.5) is 8.78 Å². The van der Waals surface area contributed by atoms with Gasteiger partial charge in [0.2, 0.25) is 0 Å². The van der Waals surface area contributed by atoms with Gasteiger partial charge >= 0.3 is 0 Å². The van der Waals surface area contributed by atoms with Crippen LogP contribution < -0.4 is 5.32 Å². The van der Waals surface area contributed by atoms with Crippen LogP contribution >= 0.6 is 11.3 Å². The SMILES string of the molecule is CCc1ccsc1CNCc1c(F)cccc1F. The highest BCUT2D eigenvalue weighted by atomic mass is 32.1. The molecule has 2 rings (SSSR count). The van der Waals surface area contributed by atoms with Gasteiger partial charge in [0.05, 0.1) is 0 Å². The number of hydrogen-bond acceptors (Lipinski definition) is 2. The zero-order valence-corrected chi connectivity index (χ0v) is 11.0. The molecule has 0 atom stereocenters. The maximum Gasteiger partial charge on any atom is 0.130 e. The van der Waals surface area contributed by atoms with E-state index in [0.717, 1.165) is 6.42 Å². The number of thiophene rings is 1. The van der Waals surface area contributed by atoms with Crippen molar-refractivity contribution in [3.8, 4) is 0 Å². The minimum atomic E-state index is -0.496. The lowest BCUT2D eigenvalue weighted by molar-refractivity contribution is 0.536. The third-order valence-corrected chi connectivity index (χ3v) is 3.83. The van der Waals surface area contributed by atoms with Gasteiger partial charge in [0.15, 0.2) is 0 Å². The van der Waals surface area contributed by atoms with Crippen molar-refractivity contribution in [2.45, 2.75) is 26.4 Å². The zero-order chi connectivity index (χ0) is 13.0. The fraction of sp³-hybridized carbons (Fsp3) is 0.286. The van der Waals surface area contributed by atoms with Gasteiger partial charge in [0.25, 0.3) is 0 Å². The third kappa shape index (κ3) is 2.94. The summed E-state index contributed by atoms with van der Waals surface area (Å²) in [6, 6.07) is 6.03. The molecule has 0 aliphatic rings. The molecule has 1 aromatic carbocycles. The molecule has 2 aromatic rings. The van der Waals surface area contributed by atoms with E-state index in [1.807, 2.05) is 5.38 Å². The summed E-state index contributed by atoms with van der Waals surface area (Å²) in [5.74, 6) is -0.992. The number of aryl methyl sites for hydroxylation is 1. The molecule has 1 nitrogen and oxygen atoms in total. The second kappa shape index (κ2) is 6.07. The molecule has 0 aliphatic heterocycles. The Labute approximate surface area is 109 Å². The lowest BCUT2D eigenvalue weighted by Gasteiger charge is -2.07. The lowest BCUT2D eigenvalue weighted by atomic mass is 10.2. The van der Waals surface area contributed by atoms with Crippen LogP contribution in [0.25, 0.3) is 0 Å². The van der Waals surface area contributed by atoms with Crippen LogP contribution in [0.2, 0.25) is 0 Å². The van der Waals surface area contributed by atoms with Crippen LogP contribution in [0.5, 0.6) is 0 Å². The van der Waals surface area contributed by atoms with Gasteiger partial charge in [-0.25, -0.2) is 8.78 Å². The van der Waals surface area contributed by atoms with Gasteiger partial charge in [0, 0.05) is 23.5 Å². The molecule has 0 saturated heterocycles. The van der Waals surface area contributed by atoms with Crippen molar-refractivity contribution in [1.82, 2.24) is 5.32 Å². The number of nitrogens with one attached hydrogen (secondary N) is 1. The lowest BCUT2D eigenvalue weighted by Crippen LogP contribution is -2.15. The average molecular weight is 267 g/mol. The molecular weight excluding hydrogens is 252 g/mol. The van der Waals surface area contributed by atoms with Gasteiger partial charge < -0.3 is 5.32 Å². The molecule has 18 heavy (non-hydrogen) atoms. The Kier molecular flexibility index (Phi) is 4.44. The molecule has 4 heteroatoms. The van der Waals surface area contributed by atoms with Crippen molar-refractivity contribution in [2.24, 2.45) is 0 Å². The molecule has 0 spiro atoms. The second-order valence-corrected chi connectivity index (χ2v) is 5.03. The zero-order valence-electron chi connectivity index (χ0n) is 10.2. The molecule has 0 amide bonds. The van der Waals surface area contributed by atoms with E-state index in [1.54, 1.807) is 11.3 Å². The van der Waals surface area contributed by atoms with Gasteiger partial charge in [0.1, 0.15) is 11.6 Å². The summed E-state index contributed by atoms with van der Waals surface area (Å²) in [5, 5.41) is 5.13. The Morgan fingerprint density at radius 2 is 1.83 bits per heavy atom. The highest BCUT2D eigenvalue weighted by Crippen LogP contribution is 2.17. The van der Waals surface area contributed by atoms with E-state index in [4.69, 9.17) is 0 Å². The summed E-state index contributed by atoms with van der Waals surface area (Å²) in [6.45, 7) is 2.95. The van der Waals surface area contributed by atoms with E-state index in [1.165, 1.54) is 28.6 Å². The van der Waals surface area contributed by atoms with E-state index >= 15 is 0 Å². The molecule has 0 unspecified atom stereocenters. The first kappa shape index (κ1) is 13.2. The fourth-order valence-corrected chi connectivity index (χ4v) is 2.79. The van der Waals surface area contributed by atoms with E-state index in [2.05, 4.69) is 18.3 Å². The third-order valence-electron chi connectivity index (χ3n) is 2.87. The van der Waals surface area contributed by atoms with Crippen molar-refractivity contribution in [1.29, 1.82) is 0 Å². The number of benzene rings is 1. The molecule has 0 radical (unpaired) electrons. The Balaban J connectivity index is 1.97. The van der Waals surface area contributed by atoms with Crippen molar-refractivity contribution in [3.05, 3.63) is 57.3 Å². The summed E-state index contributed by atoms with van der Waals surface area (Å²) < 4.78 is 26.8. The Morgan fingerprint density at radius 3 is 2.50 bits per heavy atom. The largest absolute Gasteiger partial charge is 0.308 e. The standard InChI is InChI=1S/C14H15F2NS/c1-2-10-6-7-18-14(10)9-17-8-11-12(15)4-3-5-13(11)16/h3-7,17H,2,8-9H2,1H3. The summed E-state index contributed by atoms with van der Waals surface area (Å²) in [4.78, 5) is 1.23. The number of hydrogen-bond donors (Lipinski definition) is 1. The second-order valence-electron chi connectivity index (χ2n) is 4.03. The molecule has 1 N–H and O–H groups in total. The minimum Gasteiger partial charge on any atom is -0.308 e. The van der Waals surface area contributed by atoms with Crippen LogP contribution in [-0.4, -0.2) is 0 Å². The van der Waals surface area contributed by atoms with Gasteiger partial charge in [-0.3, -0.25) is 0 Å². The Hall–Kier alpha value is -1.26. The summed E-state index contributed by atoms with van der Waals surface area (Å²) in [6.07, 6.45) is 0.981. The maximum absolute atomic E-state index is 13.4. The van der Waals surface area contributed by atoms with E-state index in [-0.39, 0.29) is 12.1 Å². The first-order valence-corrected chi connectivity index (χ1v) is 6.79. The van der Waals surface area contributed by atoms with E-state index < -0.39 is 11.6 Å². The quantitative estimate of drug-likeness (QED) is 0.867. The summed E-state index contributed by atoms with van der Waals surface area (Å²) in [5.41, 5.74) is 1.40. The maximum atomic E-state index is 13.4. The average Bonchev–Trinajstić information content (AvgIpc) is 2.80. The molecule has 1 aromatic heterocycles. The van der Waals surface area contributed by atoms with Crippen LogP contribution in [0.1, 0.15) is 22.9 Å². The van der Waals surface area contributed by atoms with Crippen LogP contribution in [-0.2, 0) is 19.5 Å². The molecule has 0 aliphatic carbocycles. The van der Waals surface area contributed by atoms with Gasteiger partial charge in [-0.2, -0.15) is 0 Å². The molecule has 0 fully saturated rings. The first-order valence-electron chi connectivity index (χ1n) is 5.91. The predicted molar refractivity (Wildman–Crippen MR) is 70.6 cm³/mol. The van der Waals surface area contributed by atoms with Crippen molar-refractivity contribution >= 4 is 11.3 Å². The van der Waals surface area contributed by atoms with Crippen molar-refractivity contribution < 1.29 is 8.78 Å². The van der Waals surface area contributed by atoms with Crippen LogP contribution in [0, 0.1) is 11.6 Å². The molecule has 96 valence electrons. The van der Waals surface area contributed by atoms with Crippen LogP contribution in [0.3, 0.4) is 0 Å². The summed E-state index contributed by atoms with van der Waals surface area (Å²) in [7, 11) is 0. The highest BCUT2D eigenvalue weighted by Gasteiger charge is 2.08. The highest BCUT2D eigenvalue weighted by molar-refractivity contribution is 7.10. The monoisotopic (exact) mass is 267 g/mol. The minimum absolute atomic E-state index is 0.104.